The molecule has 0 aromatic carbocycles. The van der Waals surface area contributed by atoms with E-state index in [4.69, 9.17) is 10.8 Å². The topological polar surface area (TPSA) is 159 Å². The molecule has 160 valence electrons. The number of carbonyl (C=O) groups excluding carboxylic acids is 4. The first-order chi connectivity index (χ1) is 13.0. The van der Waals surface area contributed by atoms with Crippen LogP contribution >= 0.6 is 0 Å². The molecule has 28 heavy (non-hydrogen) atoms. The summed E-state index contributed by atoms with van der Waals surface area (Å²) in [5.74, 6) is -2.94. The fraction of sp³-hybridized carbons (Fsp3) is 0.722. The highest BCUT2D eigenvalue weighted by atomic mass is 16.4. The second-order valence-electron chi connectivity index (χ2n) is 7.13. The number of carbonyl (C=O) groups is 5. The Balaban J connectivity index is 4.52. The first kappa shape index (κ1) is 25.5. The molecule has 0 spiro atoms. The minimum Gasteiger partial charge on any atom is -0.480 e. The Morgan fingerprint density at radius 3 is 2.04 bits per heavy atom. The van der Waals surface area contributed by atoms with Gasteiger partial charge in [0, 0.05) is 37.6 Å². The van der Waals surface area contributed by atoms with Gasteiger partial charge in [0.2, 0.25) is 17.7 Å². The first-order valence-corrected chi connectivity index (χ1v) is 9.34. The van der Waals surface area contributed by atoms with Crippen LogP contribution in [0.4, 0.5) is 0 Å². The zero-order valence-corrected chi connectivity index (χ0v) is 17.0. The summed E-state index contributed by atoms with van der Waals surface area (Å²) < 4.78 is 0. The molecule has 5 N–H and O–H groups in total. The predicted octanol–water partition coefficient (Wildman–Crippen LogP) is -0.184. The summed E-state index contributed by atoms with van der Waals surface area (Å²) in [6, 6.07) is -1.11. The molecular weight excluding hydrogens is 368 g/mol. The quantitative estimate of drug-likeness (QED) is 0.331. The van der Waals surface area contributed by atoms with Crippen LogP contribution in [0.2, 0.25) is 0 Å². The molecule has 10 heteroatoms. The summed E-state index contributed by atoms with van der Waals surface area (Å²) in [7, 11) is 0. The average Bonchev–Trinajstić information content (AvgIpc) is 2.62. The van der Waals surface area contributed by atoms with Crippen molar-refractivity contribution in [1.29, 1.82) is 0 Å². The van der Waals surface area contributed by atoms with Crippen LogP contribution in [0.15, 0.2) is 0 Å². The Hall–Kier alpha value is -2.49. The van der Waals surface area contributed by atoms with Crippen molar-refractivity contribution in [3.63, 3.8) is 0 Å². The number of carboxylic acids is 1. The number of nitrogens with one attached hydrogen (secondary N) is 2. The molecule has 0 fully saturated rings. The molecule has 0 radical (unpaired) electrons. The number of rotatable bonds is 12. The maximum atomic E-state index is 12.2. The maximum absolute atomic E-state index is 12.2. The van der Waals surface area contributed by atoms with Crippen LogP contribution in [0.5, 0.6) is 0 Å². The molecule has 0 aliphatic carbocycles. The lowest BCUT2D eigenvalue weighted by molar-refractivity contribution is -0.144. The van der Waals surface area contributed by atoms with Gasteiger partial charge in [-0.05, 0) is 6.42 Å². The molecule has 0 aliphatic rings. The number of amides is 3. The summed E-state index contributed by atoms with van der Waals surface area (Å²) >= 11 is 0. The van der Waals surface area contributed by atoms with E-state index in [2.05, 4.69) is 10.7 Å². The number of hydrogen-bond acceptors (Lipinski definition) is 6. The molecule has 0 bridgehead atoms. The van der Waals surface area contributed by atoms with Crippen LogP contribution < -0.4 is 16.5 Å². The molecule has 3 amide bonds. The first-order valence-electron chi connectivity index (χ1n) is 9.34. The molecule has 0 saturated carbocycles. The van der Waals surface area contributed by atoms with Gasteiger partial charge in [0.25, 0.3) is 0 Å². The third-order valence-corrected chi connectivity index (χ3v) is 3.92. The monoisotopic (exact) mass is 400 g/mol. The van der Waals surface area contributed by atoms with Crippen molar-refractivity contribution in [3.05, 3.63) is 0 Å². The smallest absolute Gasteiger partial charge is 0.320 e. The summed E-state index contributed by atoms with van der Waals surface area (Å²) in [6.45, 7) is 6.97. The maximum Gasteiger partial charge on any atom is 0.320 e. The minimum absolute atomic E-state index is 0.00355. The number of nitrogens with two attached hydrogens (primary N) is 1. The summed E-state index contributed by atoms with van der Waals surface area (Å²) in [5, 5.41) is 12.4. The average molecular weight is 400 g/mol. The SMILES string of the molecule is CC(C)C(=O)CCC(=O)NN(CCNC(=O)CC[C@H](N)C(=O)O)C(=O)C(C)C. The highest BCUT2D eigenvalue weighted by Gasteiger charge is 2.20. The van der Waals surface area contributed by atoms with E-state index in [9.17, 15) is 24.0 Å². The van der Waals surface area contributed by atoms with Crippen molar-refractivity contribution in [2.45, 2.75) is 59.4 Å². The lowest BCUT2D eigenvalue weighted by atomic mass is 10.0. The van der Waals surface area contributed by atoms with Gasteiger partial charge >= 0.3 is 5.97 Å². The number of hydrazine groups is 1. The molecular formula is C18H32N4O6. The third-order valence-electron chi connectivity index (χ3n) is 3.92. The van der Waals surface area contributed by atoms with Crippen LogP contribution in [0.25, 0.3) is 0 Å². The number of hydrogen-bond donors (Lipinski definition) is 4. The zero-order valence-electron chi connectivity index (χ0n) is 17.0. The van der Waals surface area contributed by atoms with Crippen LogP contribution in [0.1, 0.15) is 53.4 Å². The van der Waals surface area contributed by atoms with Crippen molar-refractivity contribution < 1.29 is 29.1 Å². The van der Waals surface area contributed by atoms with Crippen LogP contribution in [0.3, 0.4) is 0 Å². The van der Waals surface area contributed by atoms with E-state index < -0.39 is 23.8 Å². The lowest BCUT2D eigenvalue weighted by Gasteiger charge is -2.25. The normalized spacial score (nSPS) is 11.8. The van der Waals surface area contributed by atoms with Gasteiger partial charge in [-0.15, -0.1) is 0 Å². The molecule has 0 aromatic rings. The number of nitrogens with zero attached hydrogens (tertiary/aromatic N) is 1. The van der Waals surface area contributed by atoms with Gasteiger partial charge in [-0.2, -0.15) is 0 Å². The second kappa shape index (κ2) is 12.8. The van der Waals surface area contributed by atoms with Gasteiger partial charge in [0.05, 0.1) is 6.54 Å². The van der Waals surface area contributed by atoms with Crippen LogP contribution in [-0.4, -0.2) is 58.7 Å². The van der Waals surface area contributed by atoms with E-state index in [0.29, 0.717) is 0 Å². The predicted molar refractivity (Wildman–Crippen MR) is 102 cm³/mol. The summed E-state index contributed by atoms with van der Waals surface area (Å²) in [4.78, 5) is 58.3. The molecule has 0 aromatic heterocycles. The molecule has 0 aliphatic heterocycles. The van der Waals surface area contributed by atoms with Crippen molar-refractivity contribution in [3.8, 4) is 0 Å². The van der Waals surface area contributed by atoms with Gasteiger partial charge < -0.3 is 16.2 Å². The van der Waals surface area contributed by atoms with Crippen LogP contribution in [-0.2, 0) is 24.0 Å². The Bertz CT molecular complexity index is 576. The van der Waals surface area contributed by atoms with Gasteiger partial charge in [-0.1, -0.05) is 27.7 Å². The van der Waals surface area contributed by atoms with Crippen LogP contribution in [0, 0.1) is 11.8 Å². The van der Waals surface area contributed by atoms with Crippen molar-refractivity contribution in [1.82, 2.24) is 15.8 Å². The van der Waals surface area contributed by atoms with Crippen molar-refractivity contribution in [2.75, 3.05) is 13.1 Å². The summed E-state index contributed by atoms with van der Waals surface area (Å²) in [6.07, 6.45) is -0.00219. The molecule has 0 saturated heterocycles. The van der Waals surface area contributed by atoms with E-state index in [1.165, 1.54) is 0 Å². The Labute approximate surface area is 165 Å². The number of carboxylic acid groups (broad SMARTS) is 1. The van der Waals surface area contributed by atoms with Gasteiger partial charge in [-0.3, -0.25) is 34.4 Å². The van der Waals surface area contributed by atoms with Gasteiger partial charge in [0.1, 0.15) is 11.8 Å². The fourth-order valence-corrected chi connectivity index (χ4v) is 2.07. The number of ketones is 1. The fourth-order valence-electron chi connectivity index (χ4n) is 2.07. The van der Waals surface area contributed by atoms with Crippen molar-refractivity contribution >= 4 is 29.5 Å². The Morgan fingerprint density at radius 1 is 0.929 bits per heavy atom. The lowest BCUT2D eigenvalue weighted by Crippen LogP contribution is -2.50. The van der Waals surface area contributed by atoms with E-state index in [1.54, 1.807) is 27.7 Å². The molecule has 10 nitrogen and oxygen atoms in total. The largest absolute Gasteiger partial charge is 0.480 e. The zero-order chi connectivity index (χ0) is 21.9. The molecule has 0 unspecified atom stereocenters. The van der Waals surface area contributed by atoms with E-state index in [0.717, 1.165) is 5.01 Å². The number of aliphatic carboxylic acids is 1. The molecule has 1 atom stereocenters. The molecule has 0 rings (SSSR count). The van der Waals surface area contributed by atoms with E-state index in [1.807, 2.05) is 0 Å². The highest BCUT2D eigenvalue weighted by molar-refractivity contribution is 5.87. The van der Waals surface area contributed by atoms with Crippen molar-refractivity contribution in [2.24, 2.45) is 17.6 Å². The standard InChI is InChI=1S/C18H32N4O6/c1-11(2)14(23)6-8-16(25)21-22(17(26)12(3)4)10-9-20-15(24)7-5-13(19)18(27)28/h11-13H,5-10,19H2,1-4H3,(H,20,24)(H,21,25)(H,27,28)/t13-/m0/s1. The van der Waals surface area contributed by atoms with Gasteiger partial charge in [-0.25, -0.2) is 0 Å². The molecule has 0 heterocycles. The Morgan fingerprint density at radius 2 is 1.54 bits per heavy atom. The second-order valence-corrected chi connectivity index (χ2v) is 7.13. The summed E-state index contributed by atoms with van der Waals surface area (Å²) in [5.41, 5.74) is 7.81. The number of Topliss-reactive ketones (excluding diaryl/α,β-unsaturated/α-hetero) is 1. The van der Waals surface area contributed by atoms with E-state index >= 15 is 0 Å². The highest BCUT2D eigenvalue weighted by Crippen LogP contribution is 2.03. The minimum atomic E-state index is -1.18. The van der Waals surface area contributed by atoms with Gasteiger partial charge in [0.15, 0.2) is 0 Å². The third kappa shape index (κ3) is 10.6. The van der Waals surface area contributed by atoms with E-state index in [-0.39, 0.29) is 62.3 Å². The Kier molecular flexibility index (Phi) is 11.7.